The first-order valence-electron chi connectivity index (χ1n) is 11.9. The molecule has 0 saturated heterocycles. The number of hydrogen-bond acceptors (Lipinski definition) is 5. The van der Waals surface area contributed by atoms with Crippen LogP contribution in [0, 0.1) is 17.1 Å². The van der Waals surface area contributed by atoms with Crippen LogP contribution in [0.25, 0.3) is 6.08 Å². The predicted molar refractivity (Wildman–Crippen MR) is 148 cm³/mol. The number of amides is 1. The minimum absolute atomic E-state index is 0.127. The molecule has 0 fully saturated rings. The van der Waals surface area contributed by atoms with Crippen LogP contribution in [0.1, 0.15) is 16.7 Å². The highest BCUT2D eigenvalue weighted by atomic mass is 35.5. The number of ether oxygens (including phenoxy) is 3. The summed E-state index contributed by atoms with van der Waals surface area (Å²) in [6.07, 6.45) is 1.41. The van der Waals surface area contributed by atoms with Crippen molar-refractivity contribution in [3.8, 4) is 23.3 Å². The normalized spacial score (nSPS) is 10.9. The molecule has 0 spiro atoms. The summed E-state index contributed by atoms with van der Waals surface area (Å²) in [5, 5.41) is 12.6. The van der Waals surface area contributed by atoms with Crippen LogP contribution < -0.4 is 19.5 Å². The molecule has 0 aliphatic heterocycles. The highest BCUT2D eigenvalue weighted by Crippen LogP contribution is 2.37. The molecule has 6 nitrogen and oxygen atoms in total. The van der Waals surface area contributed by atoms with E-state index in [2.05, 4.69) is 5.32 Å². The smallest absolute Gasteiger partial charge is 0.266 e. The molecule has 196 valence electrons. The van der Waals surface area contributed by atoms with Gasteiger partial charge in [0.05, 0.1) is 12.1 Å². The van der Waals surface area contributed by atoms with Gasteiger partial charge >= 0.3 is 0 Å². The molecule has 4 aromatic carbocycles. The fourth-order valence-corrected chi connectivity index (χ4v) is 3.86. The summed E-state index contributed by atoms with van der Waals surface area (Å²) in [7, 11) is 1.45. The highest BCUT2D eigenvalue weighted by molar-refractivity contribution is 6.32. The monoisotopic (exact) mass is 542 g/mol. The zero-order chi connectivity index (χ0) is 27.6. The Kier molecular flexibility index (Phi) is 9.17. The van der Waals surface area contributed by atoms with Gasteiger partial charge in [-0.1, -0.05) is 54.1 Å². The Morgan fingerprint density at radius 2 is 1.62 bits per heavy atom. The maximum absolute atomic E-state index is 13.1. The second kappa shape index (κ2) is 13.1. The molecule has 0 aliphatic rings. The maximum atomic E-state index is 13.1. The van der Waals surface area contributed by atoms with Crippen molar-refractivity contribution in [2.24, 2.45) is 0 Å². The number of nitrogens with one attached hydrogen (secondary N) is 1. The molecule has 0 aromatic heterocycles. The number of nitrogens with zero attached hydrogens (tertiary/aromatic N) is 1. The third kappa shape index (κ3) is 7.60. The van der Waals surface area contributed by atoms with E-state index in [1.165, 1.54) is 25.3 Å². The molecule has 0 aliphatic carbocycles. The Morgan fingerprint density at radius 3 is 2.28 bits per heavy atom. The first-order chi connectivity index (χ1) is 18.9. The van der Waals surface area contributed by atoms with Crippen LogP contribution in [-0.2, 0) is 18.0 Å². The van der Waals surface area contributed by atoms with Crippen LogP contribution in [0.4, 0.5) is 10.1 Å². The Labute approximate surface area is 230 Å². The van der Waals surface area contributed by atoms with Gasteiger partial charge in [0, 0.05) is 5.69 Å². The summed E-state index contributed by atoms with van der Waals surface area (Å²) in [4.78, 5) is 12.8. The van der Waals surface area contributed by atoms with Crippen molar-refractivity contribution in [2.45, 2.75) is 13.2 Å². The second-order valence-electron chi connectivity index (χ2n) is 8.37. The first-order valence-corrected chi connectivity index (χ1v) is 12.3. The Hall–Kier alpha value is -4.80. The average Bonchev–Trinajstić information content (AvgIpc) is 2.96. The molecule has 4 rings (SSSR count). The van der Waals surface area contributed by atoms with Crippen LogP contribution in [0.2, 0.25) is 5.02 Å². The minimum atomic E-state index is -0.581. The van der Waals surface area contributed by atoms with Crippen molar-refractivity contribution >= 4 is 29.3 Å². The molecule has 0 atom stereocenters. The lowest BCUT2D eigenvalue weighted by Gasteiger charge is -2.14. The number of anilines is 1. The summed E-state index contributed by atoms with van der Waals surface area (Å²) in [6, 6.07) is 27.6. The van der Waals surface area contributed by atoms with E-state index in [1.54, 1.807) is 48.5 Å². The first kappa shape index (κ1) is 27.2. The molecule has 0 heterocycles. The third-order valence-corrected chi connectivity index (χ3v) is 5.87. The molecule has 4 aromatic rings. The predicted octanol–water partition coefficient (Wildman–Crippen LogP) is 7.19. The van der Waals surface area contributed by atoms with Crippen molar-refractivity contribution in [2.75, 3.05) is 12.4 Å². The van der Waals surface area contributed by atoms with Gasteiger partial charge in [0.15, 0.2) is 11.5 Å². The molecule has 0 radical (unpaired) electrons. The summed E-state index contributed by atoms with van der Waals surface area (Å²) >= 11 is 6.43. The van der Waals surface area contributed by atoms with Gasteiger partial charge in [0.1, 0.15) is 36.4 Å². The average molecular weight is 543 g/mol. The minimum Gasteiger partial charge on any atom is -0.493 e. The lowest BCUT2D eigenvalue weighted by molar-refractivity contribution is -0.112. The standard InChI is InChI=1S/C31H24ClFN2O4/c1-37-29-17-23(16-28(32)30(29)39-20-22-7-9-25(33)10-8-22)15-24(18-34)31(36)35-26-11-13-27(14-12-26)38-19-21-5-3-2-4-6-21/h2-17H,19-20H2,1H3,(H,35,36)/b24-15+. The van der Waals surface area contributed by atoms with E-state index < -0.39 is 5.91 Å². The summed E-state index contributed by atoms with van der Waals surface area (Å²) in [5.74, 6) is 0.337. The van der Waals surface area contributed by atoms with Gasteiger partial charge in [0.25, 0.3) is 5.91 Å². The van der Waals surface area contributed by atoms with E-state index in [-0.39, 0.29) is 28.8 Å². The number of carbonyl (C=O) groups excluding carboxylic acids is 1. The van der Waals surface area contributed by atoms with Crippen molar-refractivity contribution in [1.29, 1.82) is 5.26 Å². The van der Waals surface area contributed by atoms with Crippen LogP contribution in [-0.4, -0.2) is 13.0 Å². The summed E-state index contributed by atoms with van der Waals surface area (Å²) in [5.41, 5.74) is 2.65. The second-order valence-corrected chi connectivity index (χ2v) is 8.78. The van der Waals surface area contributed by atoms with Gasteiger partial charge in [-0.3, -0.25) is 4.79 Å². The van der Waals surface area contributed by atoms with Crippen molar-refractivity contribution in [1.82, 2.24) is 0 Å². The van der Waals surface area contributed by atoms with Crippen molar-refractivity contribution < 1.29 is 23.4 Å². The third-order valence-electron chi connectivity index (χ3n) is 5.58. The number of carbonyl (C=O) groups is 1. The molecular weight excluding hydrogens is 519 g/mol. The van der Waals surface area contributed by atoms with Gasteiger partial charge in [-0.25, -0.2) is 4.39 Å². The maximum Gasteiger partial charge on any atom is 0.266 e. The molecule has 39 heavy (non-hydrogen) atoms. The number of hydrogen-bond donors (Lipinski definition) is 1. The number of methoxy groups -OCH3 is 1. The Morgan fingerprint density at radius 1 is 0.949 bits per heavy atom. The Balaban J connectivity index is 1.42. The molecule has 0 saturated carbocycles. The van der Waals surface area contributed by atoms with Crippen molar-refractivity contribution in [3.05, 3.63) is 124 Å². The van der Waals surface area contributed by atoms with Gasteiger partial charge in [-0.15, -0.1) is 0 Å². The lowest BCUT2D eigenvalue weighted by atomic mass is 10.1. The number of halogens is 2. The van der Waals surface area contributed by atoms with Gasteiger partial charge in [-0.05, 0) is 71.3 Å². The number of benzene rings is 4. The van der Waals surface area contributed by atoms with E-state index >= 15 is 0 Å². The van der Waals surface area contributed by atoms with E-state index in [1.807, 2.05) is 36.4 Å². The van der Waals surface area contributed by atoms with Gasteiger partial charge in [0.2, 0.25) is 0 Å². The van der Waals surface area contributed by atoms with Gasteiger partial charge in [-0.2, -0.15) is 5.26 Å². The van der Waals surface area contributed by atoms with E-state index in [0.29, 0.717) is 29.4 Å². The molecule has 0 bridgehead atoms. The fourth-order valence-electron chi connectivity index (χ4n) is 3.59. The highest BCUT2D eigenvalue weighted by Gasteiger charge is 2.15. The van der Waals surface area contributed by atoms with Crippen LogP contribution >= 0.6 is 11.6 Å². The number of nitriles is 1. The van der Waals surface area contributed by atoms with Crippen LogP contribution in [0.15, 0.2) is 96.6 Å². The largest absolute Gasteiger partial charge is 0.493 e. The molecule has 1 N–H and O–H groups in total. The fraction of sp³-hybridized carbons (Fsp3) is 0.0968. The number of rotatable bonds is 10. The topological polar surface area (TPSA) is 80.6 Å². The SMILES string of the molecule is COc1cc(/C=C(\C#N)C(=O)Nc2ccc(OCc3ccccc3)cc2)cc(Cl)c1OCc1ccc(F)cc1. The van der Waals surface area contributed by atoms with Crippen molar-refractivity contribution in [3.63, 3.8) is 0 Å². The lowest BCUT2D eigenvalue weighted by Crippen LogP contribution is -2.13. The van der Waals surface area contributed by atoms with Crippen LogP contribution in [0.3, 0.4) is 0 Å². The Bertz CT molecular complexity index is 1500. The summed E-state index contributed by atoms with van der Waals surface area (Å²) in [6.45, 7) is 0.573. The zero-order valence-electron chi connectivity index (χ0n) is 21.0. The molecular formula is C31H24ClFN2O4. The van der Waals surface area contributed by atoms with E-state index in [4.69, 9.17) is 25.8 Å². The molecule has 0 unspecified atom stereocenters. The van der Waals surface area contributed by atoms with E-state index in [9.17, 15) is 14.4 Å². The zero-order valence-corrected chi connectivity index (χ0v) is 21.7. The van der Waals surface area contributed by atoms with Gasteiger partial charge < -0.3 is 19.5 Å². The summed E-state index contributed by atoms with van der Waals surface area (Å²) < 4.78 is 30.1. The van der Waals surface area contributed by atoms with Crippen LogP contribution in [0.5, 0.6) is 17.2 Å². The quantitative estimate of drug-likeness (QED) is 0.169. The molecule has 8 heteroatoms. The van der Waals surface area contributed by atoms with E-state index in [0.717, 1.165) is 11.1 Å². The molecule has 1 amide bonds.